The third-order valence-electron chi connectivity index (χ3n) is 23.1. The number of nitro groups is 1. The van der Waals surface area contributed by atoms with Crippen LogP contribution in [0, 0.1) is 39.7 Å². The van der Waals surface area contributed by atoms with Gasteiger partial charge in [0.25, 0.3) is 11.8 Å². The summed E-state index contributed by atoms with van der Waals surface area (Å²) in [7, 11) is 5.95. The molecular weight excluding hydrogens is 2080 g/mol. The first-order valence-corrected chi connectivity index (χ1v) is 57.9. The SMILES string of the molecule is CC[C@@H](C)[C@H]([C@H](CC(=O)N1CCC[C@@H]1[C@@H](OC)[C@H](C)C(=O)N[C@@H](C)[C@H](O)c1ccccc1)OC)N(C)C(=O)[C@H](CC(=O)[C@@H](C(C)C)N(C)C(=O)OC(Cc1cn(CCOCCOCCOCCOCCOCCOCCOCCOCCOCCOCCCC(=O)CCCCCN2C(=O)C=CC2=O)nn1)c1ccc(O[C@@H]2OC(C(=O)O)[C@@H](O)[C@H](O)C2O)c([N+](=O)[O-])c1)C(C)C.I[I-]I. The predicted molar refractivity (Wildman–Crippen MR) is 495 cm³/mol. The summed E-state index contributed by atoms with van der Waals surface area (Å²) < 4.78 is 86.6. The Morgan fingerprint density at radius 3 is 1.70 bits per heavy atom. The molecule has 2 fully saturated rings. The molecular formula is C90H141I3N9O31-. The molecule has 40 nitrogen and oxygen atoms in total. The molecule has 754 valence electrons. The Morgan fingerprint density at radius 2 is 1.20 bits per heavy atom. The average Bonchev–Trinajstić information content (AvgIpc) is 1.71. The molecule has 0 bridgehead atoms. The zero-order valence-corrected chi connectivity index (χ0v) is 85.0. The fraction of sp³-hybridized carbons (Fsp3) is 0.722. The maximum atomic E-state index is 15.2. The van der Waals surface area contributed by atoms with E-state index in [9.17, 15) is 69.2 Å². The molecule has 16 atom stereocenters. The molecule has 6 N–H and O–H groups in total. The van der Waals surface area contributed by atoms with Crippen molar-refractivity contribution >= 4 is 96.1 Å². The molecule has 0 spiro atoms. The zero-order valence-electron chi connectivity index (χ0n) is 78.6. The minimum absolute atomic E-state index is 0.00890. The Kier molecular flexibility index (Phi) is 57.7. The summed E-state index contributed by atoms with van der Waals surface area (Å²) >= 11 is 5.30. The number of carbonyl (C=O) groups is 9. The van der Waals surface area contributed by atoms with Gasteiger partial charge in [-0.15, -0.1) is 5.10 Å². The molecule has 43 heteroatoms. The van der Waals surface area contributed by atoms with Crippen LogP contribution in [0.25, 0.3) is 0 Å². The summed E-state index contributed by atoms with van der Waals surface area (Å²) in [5.74, 6) is -7.14. The van der Waals surface area contributed by atoms with Crippen LogP contribution in [0.15, 0.2) is 66.9 Å². The number of likely N-dealkylation sites (tertiary alicyclic amines) is 1. The molecule has 133 heavy (non-hydrogen) atoms. The Balaban J connectivity index is 0.0000103. The summed E-state index contributed by atoms with van der Waals surface area (Å²) in [6.45, 7) is 22.6. The number of ketones is 2. The molecule has 6 amide bonds. The van der Waals surface area contributed by atoms with Crippen molar-refractivity contribution in [3.63, 3.8) is 0 Å². The van der Waals surface area contributed by atoms with Crippen molar-refractivity contribution in [2.45, 2.75) is 218 Å². The number of nitro benzene ring substituents is 1. The van der Waals surface area contributed by atoms with E-state index in [0.717, 1.165) is 29.9 Å². The number of carbonyl (C=O) groups excluding carboxylic acids is 8. The van der Waals surface area contributed by atoms with Crippen molar-refractivity contribution in [1.82, 2.24) is 39.9 Å². The van der Waals surface area contributed by atoms with Crippen LogP contribution in [0.2, 0.25) is 0 Å². The van der Waals surface area contributed by atoms with Crippen LogP contribution >= 0.6 is 37.2 Å². The molecule has 3 aliphatic rings. The second kappa shape index (κ2) is 65.5. The fourth-order valence-corrected chi connectivity index (χ4v) is 15.6. The number of aliphatic hydroxyl groups is 4. The molecule has 4 heterocycles. The van der Waals surface area contributed by atoms with E-state index >= 15 is 9.59 Å². The van der Waals surface area contributed by atoms with Crippen LogP contribution in [-0.2, 0) is 118 Å². The van der Waals surface area contributed by atoms with E-state index in [1.165, 1.54) is 49.1 Å². The molecule has 0 saturated carbocycles. The summed E-state index contributed by atoms with van der Waals surface area (Å²) in [5.41, 5.74) is 0.0863. The summed E-state index contributed by atoms with van der Waals surface area (Å²) in [5, 5.41) is 76.6. The van der Waals surface area contributed by atoms with E-state index in [0.29, 0.717) is 189 Å². The quantitative estimate of drug-likeness (QED) is 0.0153. The van der Waals surface area contributed by atoms with Gasteiger partial charge < -0.3 is 117 Å². The van der Waals surface area contributed by atoms with Crippen LogP contribution in [0.4, 0.5) is 10.5 Å². The standard InChI is InChI=1S/C90H141N9O31.I3/c1-13-61(6)79(74(116-11)57-77(104)97-32-20-26-69(97)84(117-12)62(7)86(109)91-63(8)80(105)64-22-16-14-17-23-64)94(9)87(110)68(59(2)3)56-71(101)78(60(4)5)95(10)90(113)129-73(65-27-28-72(70(54-65)99(114)115)128-89-83(108)81(106)82(107)85(130-89)88(111)112)55-66-58-96(93-92-66)33-35-119-37-39-121-41-43-123-45-47-125-49-51-127-53-52-126-50-48-124-46-44-122-42-40-120-38-36-118-34-21-25-67(100)24-18-15-19-31-98-75(102)29-30-76(98)103;1-3-2/h14,16-17,22-23,27-30,54,58-63,68-69,73-74,78-85,89,105-108H,13,15,18-21,24-26,31-53,55-57H2,1-12H3,(H,91,109)(H,111,112);/q;-1/t61-,62+,63+,68-,69-,73?,74+,78-,79-,80+,81+,82+,83?,84+,85?,89-;/m1./s1. The van der Waals surface area contributed by atoms with Crippen molar-refractivity contribution in [3.05, 3.63) is 93.8 Å². The van der Waals surface area contributed by atoms with Gasteiger partial charge >= 0.3 is 68.2 Å². The Bertz CT molecular complexity index is 3940. The number of nitrogens with zero attached hydrogens (tertiary/aromatic N) is 8. The van der Waals surface area contributed by atoms with Crippen LogP contribution in [0.5, 0.6) is 5.75 Å². The molecule has 3 aliphatic heterocycles. The number of halogens is 3. The molecule has 0 aliphatic carbocycles. The molecule has 3 unspecified atom stereocenters. The number of imide groups is 1. The number of methoxy groups -OCH3 is 2. The van der Waals surface area contributed by atoms with Gasteiger partial charge in [-0.2, -0.15) is 0 Å². The van der Waals surface area contributed by atoms with Crippen LogP contribution in [-0.4, -0.2) is 359 Å². The van der Waals surface area contributed by atoms with Gasteiger partial charge in [0.15, 0.2) is 17.6 Å². The monoisotopic (exact) mass is 2220 g/mol. The second-order valence-electron chi connectivity index (χ2n) is 33.2. The third-order valence-corrected chi connectivity index (χ3v) is 23.1. The van der Waals surface area contributed by atoms with E-state index in [2.05, 4.69) is 52.9 Å². The number of hydrogen-bond donors (Lipinski definition) is 6. The van der Waals surface area contributed by atoms with E-state index in [1.54, 1.807) is 88.9 Å². The average molecular weight is 2230 g/mol. The van der Waals surface area contributed by atoms with Crippen molar-refractivity contribution in [3.8, 4) is 5.75 Å². The second-order valence-corrected chi connectivity index (χ2v) is 49.5. The normalized spacial score (nSPS) is 19.1. The number of carboxylic acids is 1. The zero-order chi connectivity index (χ0) is 97.9. The van der Waals surface area contributed by atoms with Crippen molar-refractivity contribution in [1.29, 1.82) is 0 Å². The number of ether oxygens (including phenoxy) is 15. The van der Waals surface area contributed by atoms with Gasteiger partial charge in [-0.3, -0.25) is 48.6 Å². The number of hydrogen-bond acceptors (Lipinski definition) is 32. The van der Waals surface area contributed by atoms with Gasteiger partial charge in [-0.1, -0.05) is 103 Å². The number of aliphatic hydroxyl groups excluding tert-OH is 4. The van der Waals surface area contributed by atoms with E-state index in [-0.39, 0.29) is 92.2 Å². The van der Waals surface area contributed by atoms with Gasteiger partial charge in [0.1, 0.15) is 30.2 Å². The number of Topliss-reactive ketones (excluding diaryl/α,β-unsaturated/α-hetero) is 2. The number of likely N-dealkylation sites (N-methyl/N-ethyl adjacent to an activating group) is 2. The Morgan fingerprint density at radius 1 is 0.662 bits per heavy atom. The number of carboxylic acid groups (broad SMARTS) is 1. The van der Waals surface area contributed by atoms with Gasteiger partial charge in [0, 0.05) is 104 Å². The van der Waals surface area contributed by atoms with Gasteiger partial charge in [0.05, 0.1) is 198 Å². The van der Waals surface area contributed by atoms with Crippen LogP contribution in [0.3, 0.4) is 0 Å². The van der Waals surface area contributed by atoms with E-state index in [1.807, 2.05) is 19.9 Å². The van der Waals surface area contributed by atoms with E-state index in [4.69, 9.17) is 71.1 Å². The first-order valence-electron chi connectivity index (χ1n) is 45.3. The van der Waals surface area contributed by atoms with Crippen molar-refractivity contribution in [2.75, 3.05) is 174 Å². The maximum absolute atomic E-state index is 15.2. The third kappa shape index (κ3) is 40.9. The molecule has 0 radical (unpaired) electrons. The number of amides is 6. The first-order chi connectivity index (χ1) is 63.8. The summed E-state index contributed by atoms with van der Waals surface area (Å²) in [6.07, 6.45) is -6.53. The molecule has 2 saturated heterocycles. The number of nitrogens with one attached hydrogen (secondary N) is 1. The number of rotatable bonds is 69. The van der Waals surface area contributed by atoms with Crippen LogP contribution in [0.1, 0.15) is 155 Å². The minimum atomic E-state index is -2.10. The predicted octanol–water partition coefficient (Wildman–Crippen LogP) is 4.00. The number of benzene rings is 2. The molecule has 1 aromatic heterocycles. The van der Waals surface area contributed by atoms with Crippen molar-refractivity contribution in [2.24, 2.45) is 29.6 Å². The van der Waals surface area contributed by atoms with Gasteiger partial charge in [-0.05, 0) is 74.0 Å². The Labute approximate surface area is 809 Å². The number of unbranched alkanes of at least 4 members (excludes halogenated alkanes) is 2. The molecule has 2 aromatic carbocycles. The number of aliphatic carboxylic acids is 1. The fourth-order valence-electron chi connectivity index (χ4n) is 15.6. The summed E-state index contributed by atoms with van der Waals surface area (Å²) in [6, 6.07) is 9.34. The van der Waals surface area contributed by atoms with Gasteiger partial charge in [-0.25, -0.2) is 14.3 Å². The van der Waals surface area contributed by atoms with Crippen LogP contribution < -0.4 is 23.3 Å². The topological polar surface area (TPSA) is 492 Å². The first kappa shape index (κ1) is 117. The molecule has 6 rings (SSSR count). The molecule has 3 aromatic rings. The summed E-state index contributed by atoms with van der Waals surface area (Å²) in [4.78, 5) is 138. The Hall–Kier alpha value is -6.34. The van der Waals surface area contributed by atoms with Crippen molar-refractivity contribution < 1.29 is 158 Å². The number of aromatic nitrogens is 3. The van der Waals surface area contributed by atoms with E-state index < -0.39 is 143 Å². The van der Waals surface area contributed by atoms with Gasteiger partial charge in [0.2, 0.25) is 24.0 Å².